The van der Waals surface area contributed by atoms with Gasteiger partial charge in [0.1, 0.15) is 0 Å². The molecule has 1 amide bonds. The van der Waals surface area contributed by atoms with Crippen LogP contribution in [0.3, 0.4) is 0 Å². The second-order valence-electron chi connectivity index (χ2n) is 5.96. The highest BCUT2D eigenvalue weighted by atomic mass is 16.4. The summed E-state index contributed by atoms with van der Waals surface area (Å²) in [5.41, 5.74) is 1.61. The van der Waals surface area contributed by atoms with Crippen molar-refractivity contribution in [2.24, 2.45) is 0 Å². The van der Waals surface area contributed by atoms with E-state index in [4.69, 9.17) is 5.11 Å². The minimum Gasteiger partial charge on any atom is -0.481 e. The largest absolute Gasteiger partial charge is 0.481 e. The molecule has 24 heavy (non-hydrogen) atoms. The number of aromatic nitrogens is 2. The van der Waals surface area contributed by atoms with Crippen LogP contribution in [0.2, 0.25) is 0 Å². The van der Waals surface area contributed by atoms with Gasteiger partial charge in [-0.3, -0.25) is 9.59 Å². The van der Waals surface area contributed by atoms with Crippen molar-refractivity contribution in [1.29, 1.82) is 0 Å². The Hall–Kier alpha value is -2.63. The van der Waals surface area contributed by atoms with Gasteiger partial charge in [0.2, 0.25) is 0 Å². The maximum atomic E-state index is 12.6. The molecule has 0 radical (unpaired) electrons. The fourth-order valence-corrected chi connectivity index (χ4v) is 2.79. The third-order valence-electron chi connectivity index (χ3n) is 4.43. The molecule has 1 heterocycles. The number of benzene rings is 1. The molecule has 2 N–H and O–H groups in total. The van der Waals surface area contributed by atoms with Gasteiger partial charge in [0.25, 0.3) is 5.91 Å². The van der Waals surface area contributed by atoms with Gasteiger partial charge in [-0.15, -0.1) is 0 Å². The van der Waals surface area contributed by atoms with Gasteiger partial charge in [-0.05, 0) is 49.6 Å². The van der Waals surface area contributed by atoms with Gasteiger partial charge in [-0.2, -0.15) is 5.10 Å². The standard InChI is InChI=1S/C18H23N3O3/c1-4-18(5-2,12-16(22)23)20-17(24)14-7-8-15(13(3)11-14)21-10-6-9-19-21/h6-11H,4-5,12H2,1-3H3,(H,20,24)(H,22,23). The summed E-state index contributed by atoms with van der Waals surface area (Å²) < 4.78 is 1.74. The number of amides is 1. The normalized spacial score (nSPS) is 11.3. The number of hydrogen-bond donors (Lipinski definition) is 2. The van der Waals surface area contributed by atoms with Gasteiger partial charge in [-0.25, -0.2) is 4.68 Å². The summed E-state index contributed by atoms with van der Waals surface area (Å²) in [4.78, 5) is 23.7. The summed E-state index contributed by atoms with van der Waals surface area (Å²) in [6.45, 7) is 5.69. The third kappa shape index (κ3) is 3.82. The van der Waals surface area contributed by atoms with E-state index in [0.29, 0.717) is 18.4 Å². The summed E-state index contributed by atoms with van der Waals surface area (Å²) in [6.07, 6.45) is 4.57. The van der Waals surface area contributed by atoms with Crippen LogP contribution in [-0.2, 0) is 4.79 Å². The maximum absolute atomic E-state index is 12.6. The van der Waals surface area contributed by atoms with E-state index in [9.17, 15) is 9.59 Å². The fraction of sp³-hybridized carbons (Fsp3) is 0.389. The molecule has 2 aromatic rings. The molecule has 0 aliphatic carbocycles. The van der Waals surface area contributed by atoms with Crippen LogP contribution in [-0.4, -0.2) is 32.3 Å². The highest BCUT2D eigenvalue weighted by Gasteiger charge is 2.31. The van der Waals surface area contributed by atoms with Gasteiger partial charge in [0.05, 0.1) is 17.6 Å². The lowest BCUT2D eigenvalue weighted by atomic mass is 9.88. The molecule has 0 aliphatic heterocycles. The molecule has 0 saturated carbocycles. The minimum absolute atomic E-state index is 0.0872. The lowest BCUT2D eigenvalue weighted by Crippen LogP contribution is -2.49. The van der Waals surface area contributed by atoms with Crippen molar-refractivity contribution < 1.29 is 14.7 Å². The van der Waals surface area contributed by atoms with E-state index in [1.807, 2.05) is 39.1 Å². The van der Waals surface area contributed by atoms with E-state index in [2.05, 4.69) is 10.4 Å². The van der Waals surface area contributed by atoms with Gasteiger partial charge in [0, 0.05) is 18.0 Å². The number of carboxylic acids is 1. The molecule has 0 bridgehead atoms. The Kier molecular flexibility index (Phi) is 5.39. The maximum Gasteiger partial charge on any atom is 0.305 e. The first kappa shape index (κ1) is 17.7. The number of carboxylic acid groups (broad SMARTS) is 1. The SMILES string of the molecule is CCC(CC)(CC(=O)O)NC(=O)c1ccc(-n2cccn2)c(C)c1. The Morgan fingerprint density at radius 3 is 2.50 bits per heavy atom. The summed E-state index contributed by atoms with van der Waals surface area (Å²) in [5, 5.41) is 16.2. The molecule has 0 atom stereocenters. The molecular weight excluding hydrogens is 306 g/mol. The van der Waals surface area contributed by atoms with Crippen molar-refractivity contribution in [3.8, 4) is 5.69 Å². The summed E-state index contributed by atoms with van der Waals surface area (Å²) in [7, 11) is 0. The van der Waals surface area contributed by atoms with Gasteiger partial charge < -0.3 is 10.4 Å². The van der Waals surface area contributed by atoms with E-state index in [-0.39, 0.29) is 12.3 Å². The first-order valence-corrected chi connectivity index (χ1v) is 8.05. The van der Waals surface area contributed by atoms with Crippen LogP contribution in [0.4, 0.5) is 0 Å². The molecule has 0 aliphatic rings. The minimum atomic E-state index is -0.913. The molecule has 0 unspecified atom stereocenters. The van der Waals surface area contributed by atoms with Crippen molar-refractivity contribution in [3.05, 3.63) is 47.8 Å². The Bertz CT molecular complexity index is 719. The molecule has 128 valence electrons. The van der Waals surface area contributed by atoms with Crippen LogP contribution in [0.25, 0.3) is 5.69 Å². The molecule has 0 saturated heterocycles. The molecule has 0 fully saturated rings. The predicted octanol–water partition coefficient (Wildman–Crippen LogP) is 2.94. The zero-order chi connectivity index (χ0) is 17.7. The number of nitrogens with zero attached hydrogens (tertiary/aromatic N) is 2. The smallest absolute Gasteiger partial charge is 0.305 e. The summed E-state index contributed by atoms with van der Waals surface area (Å²) in [5.74, 6) is -1.17. The van der Waals surface area contributed by atoms with E-state index in [0.717, 1.165) is 11.3 Å². The van der Waals surface area contributed by atoms with Crippen molar-refractivity contribution >= 4 is 11.9 Å². The first-order valence-electron chi connectivity index (χ1n) is 8.05. The second kappa shape index (κ2) is 7.29. The number of rotatable bonds is 7. The van der Waals surface area contributed by atoms with Crippen LogP contribution in [0.1, 0.15) is 49.0 Å². The lowest BCUT2D eigenvalue weighted by molar-refractivity contribution is -0.138. The van der Waals surface area contributed by atoms with E-state index in [1.54, 1.807) is 23.0 Å². The monoisotopic (exact) mass is 329 g/mol. The number of carbonyl (C=O) groups is 2. The van der Waals surface area contributed by atoms with Crippen LogP contribution in [0, 0.1) is 6.92 Å². The second-order valence-corrected chi connectivity index (χ2v) is 5.96. The molecule has 6 heteroatoms. The fourth-order valence-electron chi connectivity index (χ4n) is 2.79. The zero-order valence-corrected chi connectivity index (χ0v) is 14.2. The Balaban J connectivity index is 2.23. The number of aliphatic carboxylic acids is 1. The molecule has 6 nitrogen and oxygen atoms in total. The molecule has 2 rings (SSSR count). The van der Waals surface area contributed by atoms with Gasteiger partial charge in [-0.1, -0.05) is 13.8 Å². The highest BCUT2D eigenvalue weighted by Crippen LogP contribution is 2.22. The van der Waals surface area contributed by atoms with Crippen molar-refractivity contribution in [3.63, 3.8) is 0 Å². The number of carbonyl (C=O) groups excluding carboxylic acids is 1. The third-order valence-corrected chi connectivity index (χ3v) is 4.43. The zero-order valence-electron chi connectivity index (χ0n) is 14.2. The average molecular weight is 329 g/mol. The Morgan fingerprint density at radius 1 is 1.29 bits per heavy atom. The Morgan fingerprint density at radius 2 is 2.00 bits per heavy atom. The summed E-state index contributed by atoms with van der Waals surface area (Å²) in [6, 6.07) is 7.20. The first-order chi connectivity index (χ1) is 11.4. The van der Waals surface area contributed by atoms with E-state index in [1.165, 1.54) is 0 Å². The molecular formula is C18H23N3O3. The van der Waals surface area contributed by atoms with Crippen LogP contribution >= 0.6 is 0 Å². The van der Waals surface area contributed by atoms with Crippen LogP contribution in [0.15, 0.2) is 36.7 Å². The highest BCUT2D eigenvalue weighted by molar-refractivity contribution is 5.95. The van der Waals surface area contributed by atoms with E-state index >= 15 is 0 Å². The van der Waals surface area contributed by atoms with Crippen LogP contribution < -0.4 is 5.32 Å². The molecule has 0 spiro atoms. The van der Waals surface area contributed by atoms with Crippen LogP contribution in [0.5, 0.6) is 0 Å². The summed E-state index contributed by atoms with van der Waals surface area (Å²) >= 11 is 0. The quantitative estimate of drug-likeness (QED) is 0.818. The van der Waals surface area contributed by atoms with Gasteiger partial charge >= 0.3 is 5.97 Å². The van der Waals surface area contributed by atoms with Crippen molar-refractivity contribution in [2.75, 3.05) is 0 Å². The number of aryl methyl sites for hydroxylation is 1. The predicted molar refractivity (Wildman–Crippen MR) is 91.3 cm³/mol. The lowest BCUT2D eigenvalue weighted by Gasteiger charge is -2.31. The number of nitrogens with one attached hydrogen (secondary N) is 1. The topological polar surface area (TPSA) is 84.2 Å². The number of hydrogen-bond acceptors (Lipinski definition) is 3. The average Bonchev–Trinajstić information content (AvgIpc) is 3.07. The molecule has 1 aromatic heterocycles. The van der Waals surface area contributed by atoms with Gasteiger partial charge in [0.15, 0.2) is 0 Å². The van der Waals surface area contributed by atoms with Crippen molar-refractivity contribution in [1.82, 2.24) is 15.1 Å². The van der Waals surface area contributed by atoms with E-state index < -0.39 is 11.5 Å². The Labute approximate surface area is 141 Å². The van der Waals surface area contributed by atoms with Crippen molar-refractivity contribution in [2.45, 2.75) is 45.6 Å². The molecule has 1 aromatic carbocycles.